The second kappa shape index (κ2) is 74.2. The molecule has 0 radical (unpaired) electrons. The number of aliphatic hydroxyl groups is 9. The molecule has 0 bridgehead atoms. The molecule has 6 fully saturated rings. The lowest BCUT2D eigenvalue weighted by atomic mass is 9.47. The fourth-order valence-corrected chi connectivity index (χ4v) is 21.1. The molecule has 20 unspecified atom stereocenters. The largest absolute Gasteiger partial charge is 0.462 e. The molecule has 3 aliphatic heterocycles. The Bertz CT molecular complexity index is 3690. The molecule has 45 nitrogen and oxygen atoms in total. The minimum Gasteiger partial charge on any atom is -0.462 e. The third-order valence-electron chi connectivity index (χ3n) is 29.2. The zero-order valence-electron chi connectivity index (χ0n) is 89.7. The maximum atomic E-state index is 14.8. The van der Waals surface area contributed by atoms with Crippen molar-refractivity contribution in [2.75, 3.05) is 231 Å². The van der Waals surface area contributed by atoms with E-state index < -0.39 is 159 Å². The van der Waals surface area contributed by atoms with E-state index >= 15 is 0 Å². The van der Waals surface area contributed by atoms with Crippen LogP contribution in [0.25, 0.3) is 0 Å². The van der Waals surface area contributed by atoms with Gasteiger partial charge in [0.15, 0.2) is 18.9 Å². The first-order valence-electron chi connectivity index (χ1n) is 54.6. The van der Waals surface area contributed by atoms with Crippen LogP contribution in [0.3, 0.4) is 0 Å². The number of allylic oxidation sites excluding steroid dienone is 1. The smallest absolute Gasteiger partial charge is 0.308 e. The number of amides is 8. The molecule has 0 aromatic rings. The highest BCUT2D eigenvalue weighted by molar-refractivity contribution is 5.88. The summed E-state index contributed by atoms with van der Waals surface area (Å²) in [5.74, 6) is 0.887. The number of nitrogens with zero attached hydrogens (tertiary/aromatic N) is 1. The van der Waals surface area contributed by atoms with Crippen LogP contribution < -0.4 is 37.2 Å². The van der Waals surface area contributed by atoms with E-state index in [1.54, 1.807) is 0 Å². The van der Waals surface area contributed by atoms with Crippen LogP contribution in [-0.4, -0.2) is 439 Å². The van der Waals surface area contributed by atoms with Crippen LogP contribution in [0, 0.1) is 46.3 Å². The summed E-state index contributed by atoms with van der Waals surface area (Å²) in [6.45, 7) is 22.4. The van der Waals surface area contributed by atoms with E-state index in [4.69, 9.17) is 90.0 Å². The highest BCUT2D eigenvalue weighted by atomic mass is 16.7. The molecule has 0 spiro atoms. The molecule has 3 heterocycles. The number of rotatable bonds is 82. The summed E-state index contributed by atoms with van der Waals surface area (Å²) in [6, 6.07) is -4.60. The maximum Gasteiger partial charge on any atom is 0.308 e. The molecule has 8 amide bonds. The van der Waals surface area contributed by atoms with Gasteiger partial charge in [0.2, 0.25) is 47.3 Å². The van der Waals surface area contributed by atoms with E-state index in [9.17, 15) is 89.1 Å². The molecule has 7 rings (SSSR count). The number of aliphatic hydroxyl groups excluding tert-OH is 9. The summed E-state index contributed by atoms with van der Waals surface area (Å²) in [6.07, 6.45) is 2.74. The molecular formula is C104H184N8O37. The van der Waals surface area contributed by atoms with Crippen molar-refractivity contribution in [2.45, 2.75) is 320 Å². The minimum atomic E-state index is -1.52. The van der Waals surface area contributed by atoms with Crippen molar-refractivity contribution in [1.29, 1.82) is 0 Å². The lowest BCUT2D eigenvalue weighted by Gasteiger charge is -2.58. The van der Waals surface area contributed by atoms with Gasteiger partial charge in [-0.1, -0.05) is 65.5 Å². The molecule has 24 atom stereocenters. The van der Waals surface area contributed by atoms with Gasteiger partial charge < -0.3 is 178 Å². The van der Waals surface area contributed by atoms with Gasteiger partial charge in [-0.15, -0.1) is 0 Å². The van der Waals surface area contributed by atoms with Crippen LogP contribution in [0.1, 0.15) is 216 Å². The van der Waals surface area contributed by atoms with Crippen molar-refractivity contribution < 1.29 is 179 Å². The normalized spacial score (nSPS) is 27.6. The van der Waals surface area contributed by atoms with Crippen LogP contribution in [0.2, 0.25) is 0 Å². The van der Waals surface area contributed by atoms with E-state index in [2.05, 4.69) is 77.9 Å². The van der Waals surface area contributed by atoms with E-state index in [1.165, 1.54) is 82.6 Å². The first kappa shape index (κ1) is 130. The Hall–Kier alpha value is -6.11. The van der Waals surface area contributed by atoms with Crippen LogP contribution in [0.5, 0.6) is 0 Å². The van der Waals surface area contributed by atoms with E-state index in [0.717, 1.165) is 54.8 Å². The van der Waals surface area contributed by atoms with Gasteiger partial charge in [-0.05, 0) is 149 Å². The number of hydrogen-bond acceptors (Lipinski definition) is 37. The number of esters is 1. The fraction of sp³-hybridized carbons (Fsp3) is 0.894. The van der Waals surface area contributed by atoms with Crippen LogP contribution in [-0.2, 0) is 133 Å². The lowest BCUT2D eigenvalue weighted by Crippen LogP contribution is -2.64. The van der Waals surface area contributed by atoms with E-state index in [-0.39, 0.29) is 160 Å². The van der Waals surface area contributed by atoms with Crippen molar-refractivity contribution >= 4 is 53.2 Å². The van der Waals surface area contributed by atoms with Crippen LogP contribution >= 0.6 is 0 Å². The summed E-state index contributed by atoms with van der Waals surface area (Å²) in [5, 5.41) is 111. The Morgan fingerprint density at radius 1 is 0.396 bits per heavy atom. The zero-order valence-corrected chi connectivity index (χ0v) is 89.7. The molecule has 3 saturated heterocycles. The van der Waals surface area contributed by atoms with Crippen LogP contribution in [0.15, 0.2) is 11.6 Å². The van der Waals surface area contributed by atoms with E-state index in [0.29, 0.717) is 169 Å². The second-order valence-electron chi connectivity index (χ2n) is 40.8. The quantitative estimate of drug-likeness (QED) is 0.0231. The van der Waals surface area contributed by atoms with Gasteiger partial charge in [0, 0.05) is 105 Å². The third-order valence-corrected chi connectivity index (χ3v) is 29.2. The Labute approximate surface area is 879 Å². The Balaban J connectivity index is 0.704. The molecule has 7 aliphatic rings. The van der Waals surface area contributed by atoms with Gasteiger partial charge in [-0.2, -0.15) is 0 Å². The predicted molar refractivity (Wildman–Crippen MR) is 539 cm³/mol. The molecule has 4 aliphatic carbocycles. The molecule has 45 heteroatoms. The van der Waals surface area contributed by atoms with Crippen molar-refractivity contribution in [3.05, 3.63) is 11.6 Å². The molecule has 862 valence electrons. The average molecular weight is 2140 g/mol. The van der Waals surface area contributed by atoms with Gasteiger partial charge in [0.25, 0.3) is 0 Å². The monoisotopic (exact) mass is 2140 g/mol. The fourth-order valence-electron chi connectivity index (χ4n) is 21.1. The summed E-state index contributed by atoms with van der Waals surface area (Å²) in [4.78, 5) is 118. The Morgan fingerprint density at radius 2 is 0.772 bits per heavy atom. The average Bonchev–Trinajstić information content (AvgIpc) is 1.60. The first-order valence-corrected chi connectivity index (χ1v) is 54.6. The van der Waals surface area contributed by atoms with Gasteiger partial charge in [-0.3, -0.25) is 43.2 Å². The summed E-state index contributed by atoms with van der Waals surface area (Å²) in [7, 11) is 0. The standard InChI is InChI=1S/C104H184N8O37/c1-70(2)18-17-19-71(3)78-26-27-79-77-25-24-75-66-76(28-32-103(75,7)80(77)29-33-104(78,79)8)146-89(123)31-43-132-45-47-134-49-51-136-53-55-138-57-59-140-61-63-142-65-64-141-62-60-139-58-56-137-54-52-135-50-48-133-46-44-131-42-30-88(122)111-81(20-9-13-34-105-85(119)21-10-14-39-143-100-90(108-72(4)116)96(127)93(124)82(67-113)147-100)99(130)112(37-35-106-86(120)22-11-15-40-144-101-91(109-73(5)117)97(128)94(125)83(68-114)148-101)38-36-107-87(121)23-12-16-41-145-102-92(110-74(6)118)98(129)95(126)84(69-115)149-102/h24,70-71,76-84,90-98,100-102,113-115,124-129H,9-23,25-69H2,1-8H3,(H,105,119)(H,106,120)(H,107,121)(H,108,116)(H,109,117)(H,110,118)(H,111,122)/t71-,76+,77?,78?,79?,80?,81?,82?,83?,84?,90?,91?,92?,93?,94?,95?,96?,97?,98?,100?,101?,102?,103+,104-/m1/s1. The number of fused-ring (bicyclic) bond motifs is 5. The number of carbonyl (C=O) groups is 9. The van der Waals surface area contributed by atoms with Crippen molar-refractivity contribution in [3.63, 3.8) is 0 Å². The Kier molecular flexibility index (Phi) is 64.6. The first-order chi connectivity index (χ1) is 71.8. The SMILES string of the molecule is CC(=O)NC1C(OCCCCC(=O)NCCCCC(NC(=O)CCOCCOCCOCCOCCOCCOCCOCCOCCOCCOCCOCCOCCC(=O)O[C@H]2CC[C@@]3(C)C(=CCC4C5CCC([C@H](C)CCCC(C)C)[C@@]5(C)CCC43)C2)C(=O)N(CCNC(=O)CCCCOC2OC(CO)C(O)C(O)C2NC(C)=O)CCNC(=O)CCCCOC2OC(CO)C(O)C(O)C2NC(C)=O)OC(CO)C(O)C1O. The van der Waals surface area contributed by atoms with Crippen molar-refractivity contribution in [1.82, 2.24) is 42.1 Å². The van der Waals surface area contributed by atoms with Crippen LogP contribution in [0.4, 0.5) is 0 Å². The second-order valence-corrected chi connectivity index (χ2v) is 40.8. The van der Waals surface area contributed by atoms with E-state index in [1.807, 2.05) is 0 Å². The molecule has 0 aromatic heterocycles. The zero-order chi connectivity index (χ0) is 108. The number of nitrogens with one attached hydrogen (secondary N) is 7. The summed E-state index contributed by atoms with van der Waals surface area (Å²) >= 11 is 0. The highest BCUT2D eigenvalue weighted by Crippen LogP contribution is 2.67. The number of unbranched alkanes of at least 4 members (excludes halogenated alkanes) is 4. The minimum absolute atomic E-state index is 0.00231. The summed E-state index contributed by atoms with van der Waals surface area (Å²) < 4.78 is 108. The van der Waals surface area contributed by atoms with Crippen molar-refractivity contribution in [3.8, 4) is 0 Å². The maximum absolute atomic E-state index is 14.8. The molecule has 0 aromatic carbocycles. The molecule has 3 saturated carbocycles. The lowest BCUT2D eigenvalue weighted by molar-refractivity contribution is -0.270. The van der Waals surface area contributed by atoms with Crippen molar-refractivity contribution in [2.24, 2.45) is 46.3 Å². The number of carbonyl (C=O) groups excluding carboxylic acids is 9. The Morgan fingerprint density at radius 3 is 1.15 bits per heavy atom. The highest BCUT2D eigenvalue weighted by Gasteiger charge is 2.60. The molecule has 149 heavy (non-hydrogen) atoms. The van der Waals surface area contributed by atoms with Gasteiger partial charge in [0.1, 0.15) is 85.2 Å². The predicted octanol–water partition coefficient (Wildman–Crippen LogP) is 1.14. The molecule has 16 N–H and O–H groups in total. The number of hydrogen-bond donors (Lipinski definition) is 16. The topological polar surface area (TPSA) is 599 Å². The number of ether oxygens (including phenoxy) is 19. The summed E-state index contributed by atoms with van der Waals surface area (Å²) in [5.41, 5.74) is 2.24. The third kappa shape index (κ3) is 47.9. The van der Waals surface area contributed by atoms with Gasteiger partial charge in [-0.25, -0.2) is 0 Å². The molecular weight excluding hydrogens is 1950 g/mol. The van der Waals surface area contributed by atoms with Gasteiger partial charge in [0.05, 0.1) is 185 Å². The van der Waals surface area contributed by atoms with Gasteiger partial charge >= 0.3 is 5.97 Å².